The minimum Gasteiger partial charge on any atom is -0.390 e. The van der Waals surface area contributed by atoms with Crippen molar-refractivity contribution < 1.29 is 13.5 Å². The van der Waals surface area contributed by atoms with Gasteiger partial charge < -0.3 is 10.0 Å². The van der Waals surface area contributed by atoms with E-state index in [9.17, 15) is 13.5 Å². The number of hydrogen-bond donors (Lipinski definition) is 1. The summed E-state index contributed by atoms with van der Waals surface area (Å²) in [5.74, 6) is 0.415. The summed E-state index contributed by atoms with van der Waals surface area (Å²) in [7, 11) is -2.88. The third kappa shape index (κ3) is 4.94. The molecule has 0 amide bonds. The molecule has 0 bridgehead atoms. The fraction of sp³-hybridized carbons (Fsp3) is 1.00. The summed E-state index contributed by atoms with van der Waals surface area (Å²) in [4.78, 5) is 2.32. The van der Waals surface area contributed by atoms with Crippen LogP contribution in [0.2, 0.25) is 0 Å². The van der Waals surface area contributed by atoms with Gasteiger partial charge in [-0.2, -0.15) is 0 Å². The molecule has 1 aliphatic rings. The Morgan fingerprint density at radius 1 is 1.24 bits per heavy atom. The predicted molar refractivity (Wildman–Crippen MR) is 69.9 cm³/mol. The lowest BCUT2D eigenvalue weighted by molar-refractivity contribution is -0.0267. The van der Waals surface area contributed by atoms with Crippen LogP contribution in [-0.4, -0.2) is 55.2 Å². The van der Waals surface area contributed by atoms with Crippen molar-refractivity contribution in [3.8, 4) is 0 Å². The van der Waals surface area contributed by atoms with E-state index < -0.39 is 15.4 Å². The number of nitrogens with zero attached hydrogens (tertiary/aromatic N) is 1. The number of piperidine rings is 1. The highest BCUT2D eigenvalue weighted by molar-refractivity contribution is 7.91. The molecule has 1 N–H and O–H groups in total. The van der Waals surface area contributed by atoms with Crippen molar-refractivity contribution in [2.45, 2.75) is 45.1 Å². The van der Waals surface area contributed by atoms with Gasteiger partial charge in [0.2, 0.25) is 0 Å². The zero-order valence-corrected chi connectivity index (χ0v) is 11.8. The third-order valence-corrected chi connectivity index (χ3v) is 5.56. The summed E-state index contributed by atoms with van der Waals surface area (Å²) in [5, 5.41) is 10.3. The van der Waals surface area contributed by atoms with E-state index in [4.69, 9.17) is 0 Å². The highest BCUT2D eigenvalue weighted by Crippen LogP contribution is 2.26. The molecule has 0 saturated carbocycles. The van der Waals surface area contributed by atoms with Gasteiger partial charge in [0, 0.05) is 18.8 Å². The highest BCUT2D eigenvalue weighted by Gasteiger charge is 2.31. The van der Waals surface area contributed by atoms with E-state index >= 15 is 0 Å². The van der Waals surface area contributed by atoms with Crippen LogP contribution in [0, 0.1) is 0 Å². The zero-order valence-electron chi connectivity index (χ0n) is 11.0. The molecular weight excluding hydrogens is 238 g/mol. The maximum Gasteiger partial charge on any atom is 0.150 e. The Hall–Kier alpha value is -0.130. The van der Waals surface area contributed by atoms with Crippen LogP contribution in [0.15, 0.2) is 0 Å². The topological polar surface area (TPSA) is 57.6 Å². The van der Waals surface area contributed by atoms with E-state index in [-0.39, 0.29) is 11.5 Å². The first-order valence-corrected chi connectivity index (χ1v) is 8.38. The first kappa shape index (κ1) is 14.9. The van der Waals surface area contributed by atoms with Gasteiger partial charge in [0.25, 0.3) is 0 Å². The molecule has 0 aromatic rings. The predicted octanol–water partition coefficient (Wildman–Crippen LogP) is 1.05. The standard InChI is InChI=1S/C12H25NO3S/c1-3-13-9-7-12(14,8-10-13)6-5-11-17(15,16)4-2/h14H,3-11H2,1-2H3. The average molecular weight is 263 g/mol. The van der Waals surface area contributed by atoms with Gasteiger partial charge in [-0.05, 0) is 32.2 Å². The normalized spacial score (nSPS) is 21.6. The zero-order chi connectivity index (χ0) is 12.9. The van der Waals surface area contributed by atoms with Crippen LogP contribution in [0.4, 0.5) is 0 Å². The lowest BCUT2D eigenvalue weighted by Gasteiger charge is -2.37. The van der Waals surface area contributed by atoms with Gasteiger partial charge in [0.1, 0.15) is 9.84 Å². The van der Waals surface area contributed by atoms with Crippen LogP contribution in [0.1, 0.15) is 39.5 Å². The number of sulfone groups is 1. The molecule has 1 rings (SSSR count). The second-order valence-electron chi connectivity index (χ2n) is 5.00. The van der Waals surface area contributed by atoms with Gasteiger partial charge in [-0.25, -0.2) is 8.42 Å². The number of likely N-dealkylation sites (tertiary alicyclic amines) is 1. The molecule has 5 heteroatoms. The minimum absolute atomic E-state index is 0.203. The Labute approximate surface area is 105 Å². The SMILES string of the molecule is CCN1CCC(O)(CCCS(=O)(=O)CC)CC1. The molecule has 0 radical (unpaired) electrons. The monoisotopic (exact) mass is 263 g/mol. The summed E-state index contributed by atoms with van der Waals surface area (Å²) < 4.78 is 22.7. The van der Waals surface area contributed by atoms with Crippen LogP contribution >= 0.6 is 0 Å². The van der Waals surface area contributed by atoms with Gasteiger partial charge in [-0.15, -0.1) is 0 Å². The number of hydrogen-bond acceptors (Lipinski definition) is 4. The molecule has 0 aromatic heterocycles. The molecule has 1 aliphatic heterocycles. The quantitative estimate of drug-likeness (QED) is 0.778. The lowest BCUT2D eigenvalue weighted by atomic mass is 9.87. The van der Waals surface area contributed by atoms with E-state index in [0.29, 0.717) is 12.8 Å². The summed E-state index contributed by atoms with van der Waals surface area (Å²) in [6, 6.07) is 0. The molecule has 4 nitrogen and oxygen atoms in total. The fourth-order valence-corrected chi connectivity index (χ4v) is 3.17. The van der Waals surface area contributed by atoms with Crippen LogP contribution < -0.4 is 0 Å². The van der Waals surface area contributed by atoms with E-state index in [1.807, 2.05) is 0 Å². The minimum atomic E-state index is -2.88. The molecule has 0 aromatic carbocycles. The molecule has 0 atom stereocenters. The van der Waals surface area contributed by atoms with Crippen molar-refractivity contribution in [2.24, 2.45) is 0 Å². The molecule has 1 heterocycles. The summed E-state index contributed by atoms with van der Waals surface area (Å²) >= 11 is 0. The van der Waals surface area contributed by atoms with Crippen molar-refractivity contribution >= 4 is 9.84 Å². The Bertz CT molecular complexity index is 319. The van der Waals surface area contributed by atoms with Gasteiger partial charge in [0.15, 0.2) is 0 Å². The molecule has 102 valence electrons. The molecule has 0 spiro atoms. The van der Waals surface area contributed by atoms with Crippen LogP contribution in [-0.2, 0) is 9.84 Å². The molecular formula is C12H25NO3S. The third-order valence-electron chi connectivity index (χ3n) is 3.77. The highest BCUT2D eigenvalue weighted by atomic mass is 32.2. The second-order valence-corrected chi connectivity index (χ2v) is 7.47. The molecule has 1 saturated heterocycles. The first-order chi connectivity index (χ1) is 7.91. The summed E-state index contributed by atoms with van der Waals surface area (Å²) in [6.07, 6.45) is 2.74. The van der Waals surface area contributed by atoms with Crippen molar-refractivity contribution in [1.82, 2.24) is 4.90 Å². The molecule has 0 unspecified atom stereocenters. The van der Waals surface area contributed by atoms with Crippen molar-refractivity contribution in [1.29, 1.82) is 0 Å². The second kappa shape index (κ2) is 6.16. The maximum absolute atomic E-state index is 11.4. The van der Waals surface area contributed by atoms with Crippen LogP contribution in [0.5, 0.6) is 0 Å². The Morgan fingerprint density at radius 3 is 2.29 bits per heavy atom. The van der Waals surface area contributed by atoms with Gasteiger partial charge >= 0.3 is 0 Å². The van der Waals surface area contributed by atoms with E-state index in [0.717, 1.165) is 32.5 Å². The maximum atomic E-state index is 11.4. The van der Waals surface area contributed by atoms with Crippen molar-refractivity contribution in [2.75, 3.05) is 31.1 Å². The Kier molecular flexibility index (Phi) is 5.41. The summed E-state index contributed by atoms with van der Waals surface area (Å²) in [5.41, 5.74) is -0.630. The Morgan fingerprint density at radius 2 is 1.82 bits per heavy atom. The molecule has 1 fully saturated rings. The fourth-order valence-electron chi connectivity index (χ4n) is 2.30. The van der Waals surface area contributed by atoms with Crippen molar-refractivity contribution in [3.63, 3.8) is 0 Å². The first-order valence-electron chi connectivity index (χ1n) is 6.56. The lowest BCUT2D eigenvalue weighted by Crippen LogP contribution is -2.44. The molecule has 17 heavy (non-hydrogen) atoms. The summed E-state index contributed by atoms with van der Waals surface area (Å²) in [6.45, 7) is 6.67. The van der Waals surface area contributed by atoms with Crippen LogP contribution in [0.25, 0.3) is 0 Å². The largest absolute Gasteiger partial charge is 0.390 e. The average Bonchev–Trinajstić information content (AvgIpc) is 2.30. The van der Waals surface area contributed by atoms with Crippen molar-refractivity contribution in [3.05, 3.63) is 0 Å². The van der Waals surface area contributed by atoms with E-state index in [1.54, 1.807) is 6.92 Å². The number of aliphatic hydroxyl groups is 1. The van der Waals surface area contributed by atoms with Crippen LogP contribution in [0.3, 0.4) is 0 Å². The Balaban J connectivity index is 2.32. The van der Waals surface area contributed by atoms with E-state index in [2.05, 4.69) is 11.8 Å². The smallest absolute Gasteiger partial charge is 0.150 e. The number of rotatable bonds is 6. The van der Waals surface area contributed by atoms with Gasteiger partial charge in [-0.1, -0.05) is 13.8 Å². The van der Waals surface area contributed by atoms with E-state index in [1.165, 1.54) is 0 Å². The molecule has 0 aliphatic carbocycles. The van der Waals surface area contributed by atoms with Gasteiger partial charge in [-0.3, -0.25) is 0 Å². The van der Waals surface area contributed by atoms with Gasteiger partial charge in [0.05, 0.1) is 11.4 Å².